The zero-order valence-corrected chi connectivity index (χ0v) is 9.85. The summed E-state index contributed by atoms with van der Waals surface area (Å²) in [6, 6.07) is 3.77. The van der Waals surface area contributed by atoms with Crippen LogP contribution in [0.4, 0.5) is 0 Å². The number of aromatic nitrogens is 3. The van der Waals surface area contributed by atoms with Crippen LogP contribution in [-0.2, 0) is 13.5 Å². The number of thiophene rings is 1. The predicted octanol–water partition coefficient (Wildman–Crippen LogP) is 1.70. The summed E-state index contributed by atoms with van der Waals surface area (Å²) in [5.74, 6) is 1.62. The molecule has 2 aromatic heterocycles. The predicted molar refractivity (Wildman–Crippen MR) is 62.1 cm³/mol. The molecule has 0 saturated heterocycles. The standard InChI is InChI=1S/C9H11ClN4S/c1-14-8(4-5-11)12-9(13-14)6-2-3-7(10)15-6/h2-3H,4-5,11H2,1H3. The highest BCUT2D eigenvalue weighted by Crippen LogP contribution is 2.28. The largest absolute Gasteiger partial charge is 0.330 e. The lowest BCUT2D eigenvalue weighted by Gasteiger charge is -1.93. The van der Waals surface area contributed by atoms with E-state index in [2.05, 4.69) is 10.1 Å². The molecule has 0 aromatic carbocycles. The van der Waals surface area contributed by atoms with Gasteiger partial charge in [0.2, 0.25) is 0 Å². The Morgan fingerprint density at radius 2 is 2.33 bits per heavy atom. The number of hydrogen-bond acceptors (Lipinski definition) is 4. The van der Waals surface area contributed by atoms with Crippen molar-refractivity contribution in [3.05, 3.63) is 22.3 Å². The number of rotatable bonds is 3. The van der Waals surface area contributed by atoms with Crippen molar-refractivity contribution in [2.75, 3.05) is 6.54 Å². The van der Waals surface area contributed by atoms with Crippen molar-refractivity contribution in [1.82, 2.24) is 14.8 Å². The minimum Gasteiger partial charge on any atom is -0.330 e. The molecule has 2 N–H and O–H groups in total. The molecule has 0 atom stereocenters. The summed E-state index contributed by atoms with van der Waals surface area (Å²) in [5.41, 5.74) is 5.48. The van der Waals surface area contributed by atoms with Gasteiger partial charge in [0.05, 0.1) is 9.21 Å². The van der Waals surface area contributed by atoms with E-state index in [0.29, 0.717) is 6.54 Å². The van der Waals surface area contributed by atoms with Crippen molar-refractivity contribution >= 4 is 22.9 Å². The van der Waals surface area contributed by atoms with Crippen LogP contribution >= 0.6 is 22.9 Å². The normalized spacial score (nSPS) is 10.9. The van der Waals surface area contributed by atoms with Crippen molar-refractivity contribution in [3.8, 4) is 10.7 Å². The van der Waals surface area contributed by atoms with Crippen LogP contribution in [0.2, 0.25) is 4.34 Å². The molecule has 4 nitrogen and oxygen atoms in total. The van der Waals surface area contributed by atoms with E-state index in [4.69, 9.17) is 17.3 Å². The van der Waals surface area contributed by atoms with E-state index in [9.17, 15) is 0 Å². The number of hydrogen-bond donors (Lipinski definition) is 1. The van der Waals surface area contributed by atoms with Gasteiger partial charge in [-0.05, 0) is 18.7 Å². The molecule has 0 bridgehead atoms. The Labute approximate surface area is 96.7 Å². The molecule has 6 heteroatoms. The number of aryl methyl sites for hydroxylation is 1. The van der Waals surface area contributed by atoms with Gasteiger partial charge in [0.15, 0.2) is 5.82 Å². The fraction of sp³-hybridized carbons (Fsp3) is 0.333. The molecule has 0 aliphatic carbocycles. The summed E-state index contributed by atoms with van der Waals surface area (Å²) in [6.45, 7) is 0.581. The van der Waals surface area contributed by atoms with Crippen LogP contribution < -0.4 is 5.73 Å². The zero-order valence-electron chi connectivity index (χ0n) is 8.27. The molecule has 0 radical (unpaired) electrons. The minimum atomic E-state index is 0.581. The van der Waals surface area contributed by atoms with Crippen LogP contribution in [0.5, 0.6) is 0 Å². The van der Waals surface area contributed by atoms with Gasteiger partial charge in [-0.25, -0.2) is 4.98 Å². The van der Waals surface area contributed by atoms with Crippen LogP contribution in [0.15, 0.2) is 12.1 Å². The highest BCUT2D eigenvalue weighted by Gasteiger charge is 2.10. The molecule has 0 amide bonds. The Hall–Kier alpha value is -0.910. The van der Waals surface area contributed by atoms with Gasteiger partial charge in [0.25, 0.3) is 0 Å². The maximum atomic E-state index is 5.85. The number of nitrogens with zero attached hydrogens (tertiary/aromatic N) is 3. The van der Waals surface area contributed by atoms with Crippen molar-refractivity contribution in [2.24, 2.45) is 12.8 Å². The average molecular weight is 243 g/mol. The maximum absolute atomic E-state index is 5.85. The molecule has 0 unspecified atom stereocenters. The summed E-state index contributed by atoms with van der Waals surface area (Å²) in [7, 11) is 1.87. The molecule has 15 heavy (non-hydrogen) atoms. The van der Waals surface area contributed by atoms with Gasteiger partial charge in [-0.1, -0.05) is 11.6 Å². The van der Waals surface area contributed by atoms with E-state index in [1.807, 2.05) is 19.2 Å². The third-order valence-electron chi connectivity index (χ3n) is 2.01. The van der Waals surface area contributed by atoms with Crippen molar-refractivity contribution in [1.29, 1.82) is 0 Å². The molecule has 80 valence electrons. The quantitative estimate of drug-likeness (QED) is 0.891. The molecule has 0 aliphatic heterocycles. The van der Waals surface area contributed by atoms with Crippen molar-refractivity contribution in [2.45, 2.75) is 6.42 Å². The monoisotopic (exact) mass is 242 g/mol. The lowest BCUT2D eigenvalue weighted by atomic mass is 10.4. The second kappa shape index (κ2) is 4.30. The lowest BCUT2D eigenvalue weighted by molar-refractivity contribution is 0.697. The van der Waals surface area contributed by atoms with E-state index in [-0.39, 0.29) is 0 Å². The van der Waals surface area contributed by atoms with Gasteiger partial charge in [-0.15, -0.1) is 11.3 Å². The molecular formula is C9H11ClN4S. The van der Waals surface area contributed by atoms with E-state index >= 15 is 0 Å². The Bertz CT molecular complexity index is 462. The van der Waals surface area contributed by atoms with E-state index in [1.165, 1.54) is 11.3 Å². The molecule has 0 aliphatic rings. The Morgan fingerprint density at radius 1 is 1.53 bits per heavy atom. The second-order valence-corrected chi connectivity index (χ2v) is 4.83. The van der Waals surface area contributed by atoms with Gasteiger partial charge < -0.3 is 5.73 Å². The van der Waals surface area contributed by atoms with Gasteiger partial charge in [0.1, 0.15) is 5.82 Å². The molecule has 2 heterocycles. The first-order valence-electron chi connectivity index (χ1n) is 4.56. The summed E-state index contributed by atoms with van der Waals surface area (Å²) in [4.78, 5) is 5.39. The smallest absolute Gasteiger partial charge is 0.191 e. The van der Waals surface area contributed by atoms with Crippen LogP contribution in [0, 0.1) is 0 Å². The topological polar surface area (TPSA) is 56.7 Å². The Kier molecular flexibility index (Phi) is 3.04. The van der Waals surface area contributed by atoms with E-state index in [1.54, 1.807) is 4.68 Å². The summed E-state index contributed by atoms with van der Waals surface area (Å²) in [5, 5.41) is 4.31. The number of nitrogens with two attached hydrogens (primary N) is 1. The van der Waals surface area contributed by atoms with Gasteiger partial charge in [-0.3, -0.25) is 4.68 Å². The SMILES string of the molecule is Cn1nc(-c2ccc(Cl)s2)nc1CCN. The maximum Gasteiger partial charge on any atom is 0.191 e. The van der Waals surface area contributed by atoms with Gasteiger partial charge >= 0.3 is 0 Å². The average Bonchev–Trinajstić information content (AvgIpc) is 2.75. The Balaban J connectivity index is 2.33. The van der Waals surface area contributed by atoms with Crippen molar-refractivity contribution in [3.63, 3.8) is 0 Å². The third-order valence-corrected chi connectivity index (χ3v) is 3.24. The van der Waals surface area contributed by atoms with Gasteiger partial charge in [-0.2, -0.15) is 5.10 Å². The molecule has 2 rings (SSSR count). The Morgan fingerprint density at radius 3 is 2.93 bits per heavy atom. The first-order valence-corrected chi connectivity index (χ1v) is 5.76. The van der Waals surface area contributed by atoms with Crippen molar-refractivity contribution < 1.29 is 0 Å². The van der Waals surface area contributed by atoms with Gasteiger partial charge in [0, 0.05) is 13.5 Å². The molecule has 0 spiro atoms. The highest BCUT2D eigenvalue weighted by atomic mass is 35.5. The second-order valence-electron chi connectivity index (χ2n) is 3.12. The zero-order chi connectivity index (χ0) is 10.8. The first-order chi connectivity index (χ1) is 7.20. The third kappa shape index (κ3) is 2.19. The van der Waals surface area contributed by atoms with Crippen LogP contribution in [0.1, 0.15) is 5.82 Å². The van der Waals surface area contributed by atoms with Crippen LogP contribution in [-0.4, -0.2) is 21.3 Å². The fourth-order valence-corrected chi connectivity index (χ4v) is 2.27. The van der Waals surface area contributed by atoms with E-state index < -0.39 is 0 Å². The number of halogens is 1. The minimum absolute atomic E-state index is 0.581. The molecule has 0 fully saturated rings. The first kappa shape index (κ1) is 10.6. The van der Waals surface area contributed by atoms with Crippen LogP contribution in [0.25, 0.3) is 10.7 Å². The highest BCUT2D eigenvalue weighted by molar-refractivity contribution is 7.19. The van der Waals surface area contributed by atoms with E-state index in [0.717, 1.165) is 27.3 Å². The fourth-order valence-electron chi connectivity index (χ4n) is 1.30. The van der Waals surface area contributed by atoms with Crippen LogP contribution in [0.3, 0.4) is 0 Å². The molecule has 0 saturated carbocycles. The lowest BCUT2D eigenvalue weighted by Crippen LogP contribution is -2.08. The summed E-state index contributed by atoms with van der Waals surface area (Å²) >= 11 is 7.33. The summed E-state index contributed by atoms with van der Waals surface area (Å²) < 4.78 is 2.51. The molecular weight excluding hydrogens is 232 g/mol. The molecule has 2 aromatic rings. The summed E-state index contributed by atoms with van der Waals surface area (Å²) in [6.07, 6.45) is 0.739.